The molecule has 2 aromatic rings. The summed E-state index contributed by atoms with van der Waals surface area (Å²) in [5, 5.41) is 0.572. The highest BCUT2D eigenvalue weighted by Gasteiger charge is 2.07. The summed E-state index contributed by atoms with van der Waals surface area (Å²) < 4.78 is 0. The van der Waals surface area contributed by atoms with Gasteiger partial charge in [-0.3, -0.25) is 15.0 Å². The van der Waals surface area contributed by atoms with E-state index in [0.717, 1.165) is 5.69 Å². The van der Waals surface area contributed by atoms with Gasteiger partial charge in [-0.15, -0.1) is 0 Å². The maximum atomic E-state index is 12.1. The lowest BCUT2D eigenvalue weighted by Crippen LogP contribution is -2.36. The number of halogens is 1. The second-order valence-corrected chi connectivity index (χ2v) is 6.16. The molecule has 0 aliphatic heterocycles. The van der Waals surface area contributed by atoms with Gasteiger partial charge in [0.2, 0.25) is 0 Å². The maximum Gasteiger partial charge on any atom is 0.269 e. The largest absolute Gasteiger partial charge is 0.378 e. The van der Waals surface area contributed by atoms with E-state index in [4.69, 9.17) is 11.6 Å². The summed E-state index contributed by atoms with van der Waals surface area (Å²) >= 11 is 5.80. The molecule has 0 radical (unpaired) electrons. The summed E-state index contributed by atoms with van der Waals surface area (Å²) in [5.74, 6) is -0.455. The number of benzene rings is 2. The molecule has 2 rings (SSSR count). The van der Waals surface area contributed by atoms with Crippen molar-refractivity contribution in [2.24, 2.45) is 0 Å². The fourth-order valence-electron chi connectivity index (χ4n) is 2.07. The van der Waals surface area contributed by atoms with Gasteiger partial charge < -0.3 is 10.3 Å². The number of carbonyl (C=O) groups is 2. The highest BCUT2D eigenvalue weighted by Crippen LogP contribution is 2.12. The quantitative estimate of drug-likeness (QED) is 0.472. The van der Waals surface area contributed by atoms with Gasteiger partial charge in [-0.1, -0.05) is 11.6 Å². The molecule has 2 N–H and O–H groups in total. The Balaban J connectivity index is 1.94. The van der Waals surface area contributed by atoms with Gasteiger partial charge in [0, 0.05) is 47.7 Å². The molecule has 0 spiro atoms. The van der Waals surface area contributed by atoms with Crippen LogP contribution >= 0.6 is 11.6 Å². The van der Waals surface area contributed by atoms with E-state index in [2.05, 4.69) is 10.9 Å². The first-order valence-electron chi connectivity index (χ1n) is 7.69. The van der Waals surface area contributed by atoms with Crippen molar-refractivity contribution >= 4 is 29.0 Å². The zero-order valence-corrected chi connectivity index (χ0v) is 15.1. The molecular formula is C19H20ClN3O2. The summed E-state index contributed by atoms with van der Waals surface area (Å²) in [4.78, 5) is 26.2. The van der Waals surface area contributed by atoms with Gasteiger partial charge in [-0.2, -0.15) is 0 Å². The molecule has 1 amide bonds. The van der Waals surface area contributed by atoms with Crippen molar-refractivity contribution in [1.29, 1.82) is 0 Å². The third kappa shape index (κ3) is 5.36. The molecule has 25 heavy (non-hydrogen) atoms. The summed E-state index contributed by atoms with van der Waals surface area (Å²) in [6, 6.07) is 13.8. The van der Waals surface area contributed by atoms with E-state index >= 15 is 0 Å². The zero-order chi connectivity index (χ0) is 18.4. The number of amides is 1. The molecule has 5 nitrogen and oxygen atoms in total. The fourth-order valence-corrected chi connectivity index (χ4v) is 2.19. The molecule has 2 aromatic carbocycles. The molecule has 0 aliphatic carbocycles. The lowest BCUT2D eigenvalue weighted by Gasteiger charge is -2.13. The van der Waals surface area contributed by atoms with E-state index < -0.39 is 0 Å². The van der Waals surface area contributed by atoms with Crippen LogP contribution in [0.3, 0.4) is 0 Å². The van der Waals surface area contributed by atoms with Crippen molar-refractivity contribution in [3.8, 4) is 0 Å². The molecule has 0 fully saturated rings. The highest BCUT2D eigenvalue weighted by atomic mass is 35.5. The minimum Gasteiger partial charge on any atom is -0.378 e. The topological polar surface area (TPSA) is 61.4 Å². The highest BCUT2D eigenvalue weighted by molar-refractivity contribution is 6.30. The molecule has 0 unspecified atom stereocenters. The van der Waals surface area contributed by atoms with Gasteiger partial charge >= 0.3 is 0 Å². The first-order chi connectivity index (χ1) is 11.9. The number of carbonyl (C=O) groups excluding carboxylic acids is 2. The van der Waals surface area contributed by atoms with Crippen LogP contribution in [-0.4, -0.2) is 25.8 Å². The van der Waals surface area contributed by atoms with E-state index in [0.29, 0.717) is 21.8 Å². The number of hydrazine groups is 1. The van der Waals surface area contributed by atoms with Crippen LogP contribution in [-0.2, 0) is 0 Å². The van der Waals surface area contributed by atoms with Crippen molar-refractivity contribution in [2.75, 3.05) is 19.0 Å². The normalized spacial score (nSPS) is 11.0. The van der Waals surface area contributed by atoms with Crippen LogP contribution < -0.4 is 15.8 Å². The fraction of sp³-hybridized carbons (Fsp3) is 0.158. The number of anilines is 1. The molecule has 130 valence electrons. The Morgan fingerprint density at radius 2 is 1.48 bits per heavy atom. The second-order valence-electron chi connectivity index (χ2n) is 5.72. The van der Waals surface area contributed by atoms with Crippen LogP contribution in [0.1, 0.15) is 27.6 Å². The predicted molar refractivity (Wildman–Crippen MR) is 101 cm³/mol. The van der Waals surface area contributed by atoms with Crippen molar-refractivity contribution in [1.82, 2.24) is 10.9 Å². The third-order valence-corrected chi connectivity index (χ3v) is 3.75. The van der Waals surface area contributed by atoms with E-state index in [9.17, 15) is 9.59 Å². The smallest absolute Gasteiger partial charge is 0.269 e. The summed E-state index contributed by atoms with van der Waals surface area (Å²) in [5.41, 5.74) is 7.89. The molecule has 0 heterocycles. The number of nitrogens with one attached hydrogen (secondary N) is 2. The molecule has 0 aliphatic rings. The standard InChI is InChI=1S/C19H20ClN3O2/c1-13(12-18(24)14-4-8-16(20)9-5-14)21-22-19(25)15-6-10-17(11-7-15)23(2)3/h4-12,21H,1-3H3,(H,22,25)/b13-12-. The summed E-state index contributed by atoms with van der Waals surface area (Å²) in [6.45, 7) is 1.70. The van der Waals surface area contributed by atoms with Gasteiger partial charge in [-0.05, 0) is 55.5 Å². The van der Waals surface area contributed by atoms with E-state index in [1.54, 1.807) is 43.3 Å². The van der Waals surface area contributed by atoms with Crippen LogP contribution in [0.15, 0.2) is 60.3 Å². The molecule has 0 saturated heterocycles. The Hall–Kier alpha value is -2.79. The van der Waals surface area contributed by atoms with E-state index in [1.807, 2.05) is 31.1 Å². The van der Waals surface area contributed by atoms with Crippen LogP contribution in [0.2, 0.25) is 5.02 Å². The monoisotopic (exact) mass is 357 g/mol. The third-order valence-electron chi connectivity index (χ3n) is 3.50. The molecule has 0 bridgehead atoms. The van der Waals surface area contributed by atoms with Gasteiger partial charge in [0.25, 0.3) is 5.91 Å². The van der Waals surface area contributed by atoms with Crippen molar-refractivity contribution in [2.45, 2.75) is 6.92 Å². The Morgan fingerprint density at radius 1 is 0.920 bits per heavy atom. The second kappa shape index (κ2) is 8.35. The summed E-state index contributed by atoms with van der Waals surface area (Å²) in [6.07, 6.45) is 1.42. The number of rotatable bonds is 6. The lowest BCUT2D eigenvalue weighted by molar-refractivity contribution is 0.0936. The average molecular weight is 358 g/mol. The van der Waals surface area contributed by atoms with Crippen LogP contribution in [0.5, 0.6) is 0 Å². The molecule has 0 aromatic heterocycles. The first-order valence-corrected chi connectivity index (χ1v) is 8.06. The SMILES string of the molecule is C/C(=C/C(=O)c1ccc(Cl)cc1)NNC(=O)c1ccc(N(C)C)cc1. The minimum absolute atomic E-state index is 0.175. The Labute approximate surface area is 152 Å². The zero-order valence-electron chi connectivity index (χ0n) is 14.3. The number of hydrogen-bond acceptors (Lipinski definition) is 4. The van der Waals surface area contributed by atoms with Crippen LogP contribution in [0.25, 0.3) is 0 Å². The van der Waals surface area contributed by atoms with Crippen LogP contribution in [0.4, 0.5) is 5.69 Å². The maximum absolute atomic E-state index is 12.1. The van der Waals surface area contributed by atoms with Crippen LogP contribution in [0, 0.1) is 0 Å². The molecular weight excluding hydrogens is 338 g/mol. The number of ketones is 1. The van der Waals surface area contributed by atoms with Crippen molar-refractivity contribution < 1.29 is 9.59 Å². The van der Waals surface area contributed by atoms with Crippen molar-refractivity contribution in [3.05, 3.63) is 76.5 Å². The van der Waals surface area contributed by atoms with Gasteiger partial charge in [-0.25, -0.2) is 0 Å². The Bertz CT molecular complexity index is 781. The predicted octanol–water partition coefficient (Wildman–Crippen LogP) is 3.43. The minimum atomic E-state index is -0.281. The van der Waals surface area contributed by atoms with E-state index in [-0.39, 0.29) is 11.7 Å². The summed E-state index contributed by atoms with van der Waals surface area (Å²) in [7, 11) is 3.87. The average Bonchev–Trinajstić information content (AvgIpc) is 2.60. The Kier molecular flexibility index (Phi) is 6.19. The van der Waals surface area contributed by atoms with E-state index in [1.165, 1.54) is 6.08 Å². The van der Waals surface area contributed by atoms with Gasteiger partial charge in [0.15, 0.2) is 5.78 Å². The number of hydrogen-bond donors (Lipinski definition) is 2. The van der Waals surface area contributed by atoms with Crippen molar-refractivity contribution in [3.63, 3.8) is 0 Å². The lowest BCUT2D eigenvalue weighted by atomic mass is 10.1. The number of nitrogens with zero attached hydrogens (tertiary/aromatic N) is 1. The Morgan fingerprint density at radius 3 is 2.04 bits per heavy atom. The molecule has 6 heteroatoms. The molecule has 0 saturated carbocycles. The van der Waals surface area contributed by atoms with Gasteiger partial charge in [0.1, 0.15) is 0 Å². The number of allylic oxidation sites excluding steroid dienone is 2. The first kappa shape index (κ1) is 18.5. The van der Waals surface area contributed by atoms with Gasteiger partial charge in [0.05, 0.1) is 0 Å². The molecule has 0 atom stereocenters.